The van der Waals surface area contributed by atoms with E-state index < -0.39 is 17.7 Å². The Morgan fingerprint density at radius 1 is 1.08 bits per heavy atom. The smallest absolute Gasteiger partial charge is 0.251 e. The number of fused-ring (bicyclic) bond motifs is 1. The molecule has 0 saturated carbocycles. The first-order chi connectivity index (χ1) is 18.5. The van der Waals surface area contributed by atoms with Crippen molar-refractivity contribution in [1.29, 1.82) is 0 Å². The van der Waals surface area contributed by atoms with E-state index in [2.05, 4.69) is 10.6 Å². The van der Waals surface area contributed by atoms with E-state index in [0.29, 0.717) is 31.5 Å². The van der Waals surface area contributed by atoms with Gasteiger partial charge in [-0.25, -0.2) is 8.78 Å². The van der Waals surface area contributed by atoms with Gasteiger partial charge in [0, 0.05) is 31.1 Å². The number of hydrogen-bond acceptors (Lipinski definition) is 3. The summed E-state index contributed by atoms with van der Waals surface area (Å²) in [7, 11) is 0. The van der Waals surface area contributed by atoms with Gasteiger partial charge in [0.25, 0.3) is 5.91 Å². The number of nitrogens with zero attached hydrogens (tertiary/aromatic N) is 1. The first-order valence-electron chi connectivity index (χ1n) is 14.0. The molecule has 3 unspecified atom stereocenters. The van der Waals surface area contributed by atoms with Crippen LogP contribution in [0.1, 0.15) is 79.9 Å². The van der Waals surface area contributed by atoms with Crippen LogP contribution in [0.2, 0.25) is 0 Å². The predicted molar refractivity (Wildman–Crippen MR) is 146 cm³/mol. The molecule has 210 valence electrons. The van der Waals surface area contributed by atoms with Crippen LogP contribution >= 0.6 is 0 Å². The summed E-state index contributed by atoms with van der Waals surface area (Å²) in [6, 6.07) is 8.88. The van der Waals surface area contributed by atoms with Crippen molar-refractivity contribution in [2.75, 3.05) is 19.6 Å². The fourth-order valence-corrected chi connectivity index (χ4v) is 5.98. The van der Waals surface area contributed by atoms with Crippen LogP contribution in [-0.2, 0) is 22.4 Å². The maximum absolute atomic E-state index is 14.5. The third-order valence-corrected chi connectivity index (χ3v) is 8.21. The number of carbonyl (C=O) groups excluding carboxylic acids is 3. The SMILES string of the molecule is CCC(CN(CC(C)C)C(=O)C(C)NC(=O)c1ccc2c(c1)CCC1(CCNC1=O)C2)c1cccc(F)c1F. The van der Waals surface area contributed by atoms with E-state index in [1.54, 1.807) is 24.0 Å². The average molecular weight is 540 g/mol. The second-order valence-electron chi connectivity index (χ2n) is 11.5. The molecule has 8 heteroatoms. The molecular formula is C31H39F2N3O3. The third kappa shape index (κ3) is 6.15. The summed E-state index contributed by atoms with van der Waals surface area (Å²) in [4.78, 5) is 40.7. The van der Waals surface area contributed by atoms with E-state index in [4.69, 9.17) is 0 Å². The number of amides is 3. The van der Waals surface area contributed by atoms with Gasteiger partial charge in [0.2, 0.25) is 11.8 Å². The highest BCUT2D eigenvalue weighted by Gasteiger charge is 2.44. The number of halogens is 2. The van der Waals surface area contributed by atoms with Gasteiger partial charge in [0.05, 0.1) is 5.41 Å². The molecule has 4 rings (SSSR count). The first-order valence-corrected chi connectivity index (χ1v) is 14.0. The number of benzene rings is 2. The molecule has 1 aliphatic carbocycles. The summed E-state index contributed by atoms with van der Waals surface area (Å²) in [5.41, 5.74) is 2.56. The summed E-state index contributed by atoms with van der Waals surface area (Å²) in [6.45, 7) is 8.88. The highest BCUT2D eigenvalue weighted by Crippen LogP contribution is 2.41. The van der Waals surface area contributed by atoms with Gasteiger partial charge < -0.3 is 15.5 Å². The minimum Gasteiger partial charge on any atom is -0.356 e. The lowest BCUT2D eigenvalue weighted by Crippen LogP contribution is -2.49. The van der Waals surface area contributed by atoms with E-state index in [0.717, 1.165) is 36.5 Å². The van der Waals surface area contributed by atoms with Gasteiger partial charge >= 0.3 is 0 Å². The Hall–Kier alpha value is -3.29. The molecule has 2 aliphatic rings. The van der Waals surface area contributed by atoms with Gasteiger partial charge in [-0.05, 0) is 79.8 Å². The van der Waals surface area contributed by atoms with Crippen LogP contribution in [0.15, 0.2) is 36.4 Å². The van der Waals surface area contributed by atoms with Gasteiger partial charge in [-0.15, -0.1) is 0 Å². The molecule has 2 aromatic rings. The predicted octanol–water partition coefficient (Wildman–Crippen LogP) is 4.76. The highest BCUT2D eigenvalue weighted by molar-refractivity contribution is 5.97. The van der Waals surface area contributed by atoms with Crippen molar-refractivity contribution in [1.82, 2.24) is 15.5 Å². The van der Waals surface area contributed by atoms with Crippen molar-refractivity contribution < 1.29 is 23.2 Å². The van der Waals surface area contributed by atoms with Crippen molar-refractivity contribution >= 4 is 17.7 Å². The molecule has 1 heterocycles. The average Bonchev–Trinajstić information content (AvgIpc) is 3.25. The Kier molecular flexibility index (Phi) is 8.72. The zero-order valence-electron chi connectivity index (χ0n) is 23.3. The van der Waals surface area contributed by atoms with Crippen molar-refractivity contribution in [3.63, 3.8) is 0 Å². The summed E-state index contributed by atoms with van der Waals surface area (Å²) in [5, 5.41) is 5.78. The molecule has 0 radical (unpaired) electrons. The van der Waals surface area contributed by atoms with Crippen molar-refractivity contribution in [2.24, 2.45) is 11.3 Å². The number of rotatable bonds is 9. The fourth-order valence-electron chi connectivity index (χ4n) is 5.98. The zero-order valence-corrected chi connectivity index (χ0v) is 23.3. The maximum Gasteiger partial charge on any atom is 0.251 e. The van der Waals surface area contributed by atoms with Gasteiger partial charge in [0.1, 0.15) is 6.04 Å². The van der Waals surface area contributed by atoms with Crippen LogP contribution in [0, 0.1) is 23.0 Å². The van der Waals surface area contributed by atoms with Crippen LogP contribution in [0.4, 0.5) is 8.78 Å². The lowest BCUT2D eigenvalue weighted by atomic mass is 9.70. The molecule has 3 amide bonds. The quantitative estimate of drug-likeness (QED) is 0.483. The Labute approximate surface area is 229 Å². The summed E-state index contributed by atoms with van der Waals surface area (Å²) >= 11 is 0. The summed E-state index contributed by atoms with van der Waals surface area (Å²) in [6.07, 6.45) is 3.54. The molecule has 2 N–H and O–H groups in total. The van der Waals surface area contributed by atoms with Gasteiger partial charge in [0.15, 0.2) is 11.6 Å². The van der Waals surface area contributed by atoms with Crippen molar-refractivity contribution in [3.05, 3.63) is 70.3 Å². The lowest BCUT2D eigenvalue weighted by molar-refractivity contribution is -0.133. The topological polar surface area (TPSA) is 78.5 Å². The summed E-state index contributed by atoms with van der Waals surface area (Å²) < 4.78 is 28.4. The lowest BCUT2D eigenvalue weighted by Gasteiger charge is -2.32. The molecule has 39 heavy (non-hydrogen) atoms. The van der Waals surface area contributed by atoms with Gasteiger partial charge in [-0.1, -0.05) is 39.0 Å². The number of nitrogens with one attached hydrogen (secondary N) is 2. The van der Waals surface area contributed by atoms with Crippen LogP contribution in [0.3, 0.4) is 0 Å². The fraction of sp³-hybridized carbons (Fsp3) is 0.516. The Morgan fingerprint density at radius 3 is 2.51 bits per heavy atom. The monoisotopic (exact) mass is 539 g/mol. The molecule has 1 spiro atoms. The Bertz CT molecular complexity index is 1250. The van der Waals surface area contributed by atoms with E-state index in [9.17, 15) is 23.2 Å². The normalized spacial score (nSPS) is 19.9. The van der Waals surface area contributed by atoms with E-state index in [-0.39, 0.29) is 47.1 Å². The van der Waals surface area contributed by atoms with Gasteiger partial charge in [-0.3, -0.25) is 14.4 Å². The number of aryl methyl sites for hydroxylation is 1. The number of hydrogen-bond donors (Lipinski definition) is 2. The van der Waals surface area contributed by atoms with E-state index in [1.807, 2.05) is 32.9 Å². The Balaban J connectivity index is 1.45. The van der Waals surface area contributed by atoms with E-state index in [1.165, 1.54) is 6.07 Å². The molecule has 0 bridgehead atoms. The van der Waals surface area contributed by atoms with E-state index >= 15 is 0 Å². The Morgan fingerprint density at radius 2 is 1.85 bits per heavy atom. The van der Waals surface area contributed by atoms with Crippen LogP contribution < -0.4 is 10.6 Å². The zero-order chi connectivity index (χ0) is 28.3. The molecule has 1 aliphatic heterocycles. The molecule has 6 nitrogen and oxygen atoms in total. The molecule has 0 aromatic heterocycles. The van der Waals surface area contributed by atoms with Crippen molar-refractivity contribution in [3.8, 4) is 0 Å². The van der Waals surface area contributed by atoms with Crippen LogP contribution in [0.25, 0.3) is 0 Å². The maximum atomic E-state index is 14.5. The summed E-state index contributed by atoms with van der Waals surface area (Å²) in [5.74, 6) is -2.49. The van der Waals surface area contributed by atoms with Crippen LogP contribution in [-0.4, -0.2) is 48.3 Å². The first kappa shape index (κ1) is 28.7. The van der Waals surface area contributed by atoms with Crippen LogP contribution in [0.5, 0.6) is 0 Å². The second kappa shape index (κ2) is 11.8. The highest BCUT2D eigenvalue weighted by atomic mass is 19.2. The van der Waals surface area contributed by atoms with Crippen molar-refractivity contribution in [2.45, 2.75) is 71.8 Å². The minimum absolute atomic E-state index is 0.124. The largest absolute Gasteiger partial charge is 0.356 e. The van der Waals surface area contributed by atoms with Gasteiger partial charge in [-0.2, -0.15) is 0 Å². The number of carbonyl (C=O) groups is 3. The molecule has 3 atom stereocenters. The molecule has 1 saturated heterocycles. The molecule has 1 fully saturated rings. The molecular weight excluding hydrogens is 500 g/mol. The second-order valence-corrected chi connectivity index (χ2v) is 11.5. The molecule has 2 aromatic carbocycles. The third-order valence-electron chi connectivity index (χ3n) is 8.21. The minimum atomic E-state index is -0.903. The standard InChI is InChI=1S/C31H39F2N3O3/c1-5-21(25-7-6-8-26(32)27(25)33)18-36(17-19(2)3)29(38)20(4)35-28(37)23-9-10-24-16-31(12-11-22(24)15-23)13-14-34-30(31)39/h6-10,15,19-21H,5,11-14,16-18H2,1-4H3,(H,34,39)(H,35,37).